The number of nitrogens with two attached hydrogens (primary N) is 1. The van der Waals surface area contributed by atoms with E-state index in [0.717, 1.165) is 16.7 Å². The minimum atomic E-state index is -0.681. The Balaban J connectivity index is 1.77. The van der Waals surface area contributed by atoms with Crippen LogP contribution in [0, 0.1) is 5.82 Å². The quantitative estimate of drug-likeness (QED) is 0.727. The number of nitrogens with zero attached hydrogens (tertiary/aromatic N) is 1. The molecule has 132 valence electrons. The van der Waals surface area contributed by atoms with Crippen LogP contribution in [0.2, 0.25) is 0 Å². The van der Waals surface area contributed by atoms with Crippen molar-refractivity contribution in [2.75, 3.05) is 7.05 Å². The van der Waals surface area contributed by atoms with E-state index in [0.29, 0.717) is 12.1 Å². The van der Waals surface area contributed by atoms with Crippen molar-refractivity contribution >= 4 is 5.91 Å². The SMILES string of the molecule is CN(Cc1ccc(-c2ccccc2)cc1)C(C(N)=O)c1cccc(F)c1. The maximum atomic E-state index is 13.5. The maximum absolute atomic E-state index is 13.5. The summed E-state index contributed by atoms with van der Waals surface area (Å²) in [6, 6.07) is 23.6. The molecule has 3 aromatic rings. The minimum Gasteiger partial charge on any atom is -0.368 e. The summed E-state index contributed by atoms with van der Waals surface area (Å²) in [5, 5.41) is 0. The van der Waals surface area contributed by atoms with Gasteiger partial charge in [-0.3, -0.25) is 9.69 Å². The molecule has 0 aliphatic carbocycles. The molecule has 0 fully saturated rings. The van der Waals surface area contributed by atoms with Crippen LogP contribution < -0.4 is 5.73 Å². The van der Waals surface area contributed by atoms with Crippen molar-refractivity contribution < 1.29 is 9.18 Å². The highest BCUT2D eigenvalue weighted by molar-refractivity contribution is 5.81. The number of carbonyl (C=O) groups excluding carboxylic acids is 1. The van der Waals surface area contributed by atoms with Gasteiger partial charge in [0.1, 0.15) is 11.9 Å². The smallest absolute Gasteiger partial charge is 0.239 e. The summed E-state index contributed by atoms with van der Waals surface area (Å²) < 4.78 is 13.5. The van der Waals surface area contributed by atoms with Crippen LogP contribution in [0.25, 0.3) is 11.1 Å². The average molecular weight is 348 g/mol. The Bertz CT molecular complexity index is 878. The van der Waals surface area contributed by atoms with Gasteiger partial charge in [-0.15, -0.1) is 0 Å². The van der Waals surface area contributed by atoms with E-state index in [4.69, 9.17) is 5.73 Å². The highest BCUT2D eigenvalue weighted by Crippen LogP contribution is 2.24. The second-order valence-corrected chi connectivity index (χ2v) is 6.34. The number of carbonyl (C=O) groups is 1. The lowest BCUT2D eigenvalue weighted by Gasteiger charge is -2.26. The van der Waals surface area contributed by atoms with Crippen LogP contribution in [-0.4, -0.2) is 17.9 Å². The number of halogens is 1. The van der Waals surface area contributed by atoms with E-state index in [1.54, 1.807) is 12.1 Å². The molecule has 1 unspecified atom stereocenters. The second kappa shape index (κ2) is 7.93. The van der Waals surface area contributed by atoms with Crippen LogP contribution in [0.15, 0.2) is 78.9 Å². The van der Waals surface area contributed by atoms with Gasteiger partial charge in [-0.1, -0.05) is 66.7 Å². The van der Waals surface area contributed by atoms with E-state index in [9.17, 15) is 9.18 Å². The Hall–Kier alpha value is -2.98. The molecule has 1 amide bonds. The van der Waals surface area contributed by atoms with Crippen molar-refractivity contribution in [1.82, 2.24) is 4.90 Å². The van der Waals surface area contributed by atoms with Crippen molar-refractivity contribution in [1.29, 1.82) is 0 Å². The number of likely N-dealkylation sites (N-methyl/N-ethyl adjacent to an activating group) is 1. The number of hydrogen-bond acceptors (Lipinski definition) is 2. The molecule has 4 heteroatoms. The van der Waals surface area contributed by atoms with Gasteiger partial charge in [-0.2, -0.15) is 0 Å². The fraction of sp³-hybridized carbons (Fsp3) is 0.136. The predicted molar refractivity (Wildman–Crippen MR) is 102 cm³/mol. The van der Waals surface area contributed by atoms with Gasteiger partial charge in [0.15, 0.2) is 0 Å². The summed E-state index contributed by atoms with van der Waals surface area (Å²) in [4.78, 5) is 13.8. The number of primary amides is 1. The van der Waals surface area contributed by atoms with Gasteiger partial charge in [0.25, 0.3) is 0 Å². The van der Waals surface area contributed by atoms with Crippen LogP contribution in [0.5, 0.6) is 0 Å². The Kier molecular flexibility index (Phi) is 5.44. The molecule has 0 aliphatic rings. The van der Waals surface area contributed by atoms with Crippen molar-refractivity contribution in [3.05, 3.63) is 95.8 Å². The molecule has 0 saturated heterocycles. The monoisotopic (exact) mass is 348 g/mol. The molecule has 26 heavy (non-hydrogen) atoms. The molecule has 0 aliphatic heterocycles. The van der Waals surface area contributed by atoms with E-state index >= 15 is 0 Å². The highest BCUT2D eigenvalue weighted by atomic mass is 19.1. The highest BCUT2D eigenvalue weighted by Gasteiger charge is 2.23. The topological polar surface area (TPSA) is 46.3 Å². The van der Waals surface area contributed by atoms with Gasteiger partial charge in [0, 0.05) is 6.54 Å². The zero-order chi connectivity index (χ0) is 18.5. The zero-order valence-corrected chi connectivity index (χ0v) is 14.6. The predicted octanol–water partition coefficient (Wildman–Crippen LogP) is 4.15. The van der Waals surface area contributed by atoms with Gasteiger partial charge >= 0.3 is 0 Å². The van der Waals surface area contributed by atoms with E-state index in [-0.39, 0.29) is 5.82 Å². The van der Waals surface area contributed by atoms with Crippen LogP contribution in [0.3, 0.4) is 0 Å². The first-order valence-electron chi connectivity index (χ1n) is 8.44. The van der Waals surface area contributed by atoms with Crippen molar-refractivity contribution in [3.63, 3.8) is 0 Å². The lowest BCUT2D eigenvalue weighted by molar-refractivity contribution is -0.123. The third-order valence-electron chi connectivity index (χ3n) is 4.37. The molecule has 1 atom stereocenters. The molecule has 0 saturated carbocycles. The van der Waals surface area contributed by atoms with Crippen molar-refractivity contribution in [3.8, 4) is 11.1 Å². The molecular weight excluding hydrogens is 327 g/mol. The number of rotatable bonds is 6. The molecule has 0 heterocycles. The summed E-state index contributed by atoms with van der Waals surface area (Å²) in [7, 11) is 1.81. The Labute approximate surface area is 152 Å². The minimum absolute atomic E-state index is 0.380. The number of hydrogen-bond donors (Lipinski definition) is 1. The second-order valence-electron chi connectivity index (χ2n) is 6.34. The molecule has 3 nitrogen and oxygen atoms in total. The Morgan fingerprint density at radius 2 is 1.62 bits per heavy atom. The lowest BCUT2D eigenvalue weighted by atomic mass is 10.0. The third-order valence-corrected chi connectivity index (χ3v) is 4.37. The van der Waals surface area contributed by atoms with Crippen LogP contribution in [0.1, 0.15) is 17.2 Å². The molecule has 0 radical (unpaired) electrons. The molecule has 0 bridgehead atoms. The first-order chi connectivity index (χ1) is 12.5. The van der Waals surface area contributed by atoms with Gasteiger partial charge in [0.05, 0.1) is 0 Å². The largest absolute Gasteiger partial charge is 0.368 e. The molecule has 0 aromatic heterocycles. The van der Waals surface area contributed by atoms with E-state index in [1.165, 1.54) is 12.1 Å². The fourth-order valence-corrected chi connectivity index (χ4v) is 3.13. The standard InChI is InChI=1S/C22H21FN2O/c1-25(21(22(24)26)19-8-5-9-20(23)14-19)15-16-10-12-18(13-11-16)17-6-3-2-4-7-17/h2-14,21H,15H2,1H3,(H2,24,26). The fourth-order valence-electron chi connectivity index (χ4n) is 3.13. The first-order valence-corrected chi connectivity index (χ1v) is 8.44. The van der Waals surface area contributed by atoms with Crippen molar-refractivity contribution in [2.45, 2.75) is 12.6 Å². The molecular formula is C22H21FN2O. The molecule has 3 rings (SSSR count). The summed E-state index contributed by atoms with van der Waals surface area (Å²) in [5.74, 6) is -0.881. The summed E-state index contributed by atoms with van der Waals surface area (Å²) in [5.41, 5.74) is 9.47. The zero-order valence-electron chi connectivity index (χ0n) is 14.6. The van der Waals surface area contributed by atoms with Crippen LogP contribution >= 0.6 is 0 Å². The number of amides is 1. The first kappa shape index (κ1) is 17.8. The third kappa shape index (κ3) is 4.16. The van der Waals surface area contributed by atoms with Crippen molar-refractivity contribution in [2.24, 2.45) is 5.73 Å². The average Bonchev–Trinajstić information content (AvgIpc) is 2.63. The van der Waals surface area contributed by atoms with Gasteiger partial charge in [-0.25, -0.2) is 4.39 Å². The Morgan fingerprint density at radius 1 is 0.962 bits per heavy atom. The van der Waals surface area contributed by atoms with Gasteiger partial charge in [-0.05, 0) is 41.4 Å². The molecule has 0 spiro atoms. The maximum Gasteiger partial charge on any atom is 0.239 e. The van der Waals surface area contributed by atoms with Crippen LogP contribution in [-0.2, 0) is 11.3 Å². The normalized spacial score (nSPS) is 12.1. The van der Waals surface area contributed by atoms with E-state index < -0.39 is 11.9 Å². The van der Waals surface area contributed by atoms with E-state index in [2.05, 4.69) is 24.3 Å². The summed E-state index contributed by atoms with van der Waals surface area (Å²) in [6.45, 7) is 0.527. The molecule has 2 N–H and O–H groups in total. The van der Waals surface area contributed by atoms with Gasteiger partial charge < -0.3 is 5.73 Å². The lowest BCUT2D eigenvalue weighted by Crippen LogP contribution is -2.35. The summed E-state index contributed by atoms with van der Waals surface area (Å²) >= 11 is 0. The summed E-state index contributed by atoms with van der Waals surface area (Å²) in [6.07, 6.45) is 0. The van der Waals surface area contributed by atoms with E-state index in [1.807, 2.05) is 42.3 Å². The molecule has 3 aromatic carbocycles. The van der Waals surface area contributed by atoms with Crippen LogP contribution in [0.4, 0.5) is 4.39 Å². The van der Waals surface area contributed by atoms with Gasteiger partial charge in [0.2, 0.25) is 5.91 Å². The number of benzene rings is 3. The Morgan fingerprint density at radius 3 is 2.23 bits per heavy atom.